The minimum Gasteiger partial charge on any atom is -0.460 e. The molecule has 27 heavy (non-hydrogen) atoms. The van der Waals surface area contributed by atoms with Crippen molar-refractivity contribution in [2.24, 2.45) is 16.7 Å². The zero-order valence-electron chi connectivity index (χ0n) is 16.7. The summed E-state index contributed by atoms with van der Waals surface area (Å²) in [5, 5.41) is 4.76. The Morgan fingerprint density at radius 1 is 1.04 bits per heavy atom. The van der Waals surface area contributed by atoms with Crippen LogP contribution in [0.2, 0.25) is 5.02 Å². The third-order valence-corrected chi connectivity index (χ3v) is 7.87. The number of nitrogens with one attached hydrogen (secondary N) is 1. The molecule has 2 nitrogen and oxygen atoms in total. The minimum atomic E-state index is 0.307. The summed E-state index contributed by atoms with van der Waals surface area (Å²) in [6.45, 7) is 7.92. The van der Waals surface area contributed by atoms with Crippen molar-refractivity contribution in [3.63, 3.8) is 0 Å². The van der Waals surface area contributed by atoms with Gasteiger partial charge in [0, 0.05) is 16.1 Å². The van der Waals surface area contributed by atoms with Crippen LogP contribution in [0.4, 0.5) is 0 Å². The van der Waals surface area contributed by atoms with Crippen molar-refractivity contribution in [1.82, 2.24) is 5.32 Å². The van der Waals surface area contributed by atoms with Crippen LogP contribution in [0.25, 0.3) is 11.3 Å². The first-order valence-electron chi connectivity index (χ1n) is 10.4. The molecule has 4 aliphatic rings. The molecule has 2 unspecified atom stereocenters. The molecule has 144 valence electrons. The Balaban J connectivity index is 1.34. The summed E-state index contributed by atoms with van der Waals surface area (Å²) in [6.07, 6.45) is 8.29. The SMILES string of the molecule is Cc1c(Cl)cccc1-c1ccc(CNC23CC4C[C@@](C)(C2)C[C@](C)(C4)C3)o1. The van der Waals surface area contributed by atoms with Gasteiger partial charge in [0.2, 0.25) is 0 Å². The second-order valence-electron chi connectivity index (χ2n) is 10.4. The summed E-state index contributed by atoms with van der Waals surface area (Å²) in [7, 11) is 0. The first-order valence-corrected chi connectivity index (χ1v) is 10.7. The number of hydrogen-bond acceptors (Lipinski definition) is 2. The second-order valence-corrected chi connectivity index (χ2v) is 10.8. The molecule has 2 aromatic rings. The number of furan rings is 1. The number of hydrogen-bond donors (Lipinski definition) is 1. The third kappa shape index (κ3) is 3.06. The fourth-order valence-corrected chi connectivity index (χ4v) is 7.59. The fraction of sp³-hybridized carbons (Fsp3) is 0.583. The first kappa shape index (κ1) is 17.8. The first-order chi connectivity index (χ1) is 12.8. The van der Waals surface area contributed by atoms with E-state index in [0.29, 0.717) is 16.4 Å². The lowest BCUT2D eigenvalue weighted by atomic mass is 9.43. The Hall–Kier alpha value is -1.25. The molecule has 1 aromatic carbocycles. The standard InChI is InChI=1S/C24H30ClNO/c1-16-19(5-4-6-20(16)25)21-8-7-18(27-21)12-26-24-11-17-9-22(2,14-24)13-23(3,10-17)15-24/h4-8,17,26H,9-15H2,1-3H3/t17?,22-,23+,24?. The normalized spacial score (nSPS) is 37.1. The van der Waals surface area contributed by atoms with Crippen LogP contribution >= 0.6 is 11.6 Å². The Labute approximate surface area is 167 Å². The van der Waals surface area contributed by atoms with Crippen molar-refractivity contribution in [3.8, 4) is 11.3 Å². The zero-order chi connectivity index (χ0) is 18.9. The van der Waals surface area contributed by atoms with Crippen molar-refractivity contribution < 1.29 is 4.42 Å². The Morgan fingerprint density at radius 2 is 1.78 bits per heavy atom. The van der Waals surface area contributed by atoms with Gasteiger partial charge in [0.05, 0.1) is 6.54 Å². The third-order valence-electron chi connectivity index (χ3n) is 7.46. The van der Waals surface area contributed by atoms with Crippen molar-refractivity contribution >= 4 is 11.6 Å². The lowest BCUT2D eigenvalue weighted by molar-refractivity contribution is -0.118. The quantitative estimate of drug-likeness (QED) is 0.631. The average Bonchev–Trinajstić information content (AvgIpc) is 3.01. The lowest BCUT2D eigenvalue weighted by Gasteiger charge is -2.65. The van der Waals surface area contributed by atoms with E-state index in [1.54, 1.807) is 0 Å². The highest BCUT2D eigenvalue weighted by Crippen LogP contribution is 2.66. The van der Waals surface area contributed by atoms with E-state index in [1.807, 2.05) is 12.1 Å². The van der Waals surface area contributed by atoms with E-state index < -0.39 is 0 Å². The molecule has 0 amide bonds. The maximum absolute atomic E-state index is 6.28. The van der Waals surface area contributed by atoms with Gasteiger partial charge in [-0.3, -0.25) is 0 Å². The molecule has 1 aromatic heterocycles. The van der Waals surface area contributed by atoms with Gasteiger partial charge in [-0.05, 0) is 86.0 Å². The van der Waals surface area contributed by atoms with Crippen LogP contribution < -0.4 is 5.32 Å². The lowest BCUT2D eigenvalue weighted by Crippen LogP contribution is -2.63. The Bertz CT molecular complexity index is 866. The van der Waals surface area contributed by atoms with Crippen molar-refractivity contribution in [2.75, 3.05) is 0 Å². The van der Waals surface area contributed by atoms with Gasteiger partial charge in [-0.25, -0.2) is 0 Å². The molecular formula is C24H30ClNO. The van der Waals surface area contributed by atoms with Gasteiger partial charge in [-0.15, -0.1) is 0 Å². The molecule has 6 rings (SSSR count). The molecule has 4 aliphatic carbocycles. The van der Waals surface area contributed by atoms with Crippen LogP contribution in [-0.2, 0) is 6.54 Å². The van der Waals surface area contributed by atoms with Gasteiger partial charge in [0.15, 0.2) is 0 Å². The van der Waals surface area contributed by atoms with E-state index in [2.05, 4.69) is 44.3 Å². The smallest absolute Gasteiger partial charge is 0.134 e. The fourth-order valence-electron chi connectivity index (χ4n) is 7.41. The number of rotatable bonds is 4. The predicted molar refractivity (Wildman–Crippen MR) is 111 cm³/mol. The summed E-state index contributed by atoms with van der Waals surface area (Å²) in [5.41, 5.74) is 3.54. The molecule has 1 N–H and O–H groups in total. The van der Waals surface area contributed by atoms with Gasteiger partial charge in [0.1, 0.15) is 11.5 Å². The minimum absolute atomic E-state index is 0.307. The summed E-state index contributed by atoms with van der Waals surface area (Å²) < 4.78 is 6.20. The van der Waals surface area contributed by atoms with Crippen molar-refractivity contribution in [1.29, 1.82) is 0 Å². The monoisotopic (exact) mass is 383 g/mol. The highest BCUT2D eigenvalue weighted by Gasteiger charge is 2.59. The van der Waals surface area contributed by atoms with Crippen molar-refractivity contribution in [3.05, 3.63) is 46.7 Å². The van der Waals surface area contributed by atoms with Gasteiger partial charge in [-0.1, -0.05) is 37.6 Å². The van der Waals surface area contributed by atoms with E-state index in [4.69, 9.17) is 16.0 Å². The molecule has 4 atom stereocenters. The van der Waals surface area contributed by atoms with Gasteiger partial charge in [-0.2, -0.15) is 0 Å². The average molecular weight is 384 g/mol. The van der Waals surface area contributed by atoms with E-state index in [1.165, 1.54) is 38.5 Å². The Morgan fingerprint density at radius 3 is 2.48 bits per heavy atom. The molecule has 0 saturated heterocycles. The maximum atomic E-state index is 6.28. The highest BCUT2D eigenvalue weighted by molar-refractivity contribution is 6.31. The van der Waals surface area contributed by atoms with Crippen LogP contribution in [-0.4, -0.2) is 5.54 Å². The van der Waals surface area contributed by atoms with E-state index in [9.17, 15) is 0 Å². The van der Waals surface area contributed by atoms with E-state index in [0.717, 1.165) is 40.1 Å². The highest BCUT2D eigenvalue weighted by atomic mass is 35.5. The van der Waals surface area contributed by atoms with Gasteiger partial charge < -0.3 is 9.73 Å². The molecule has 0 radical (unpaired) electrons. The summed E-state index contributed by atoms with van der Waals surface area (Å²) in [4.78, 5) is 0. The van der Waals surface area contributed by atoms with E-state index in [-0.39, 0.29) is 0 Å². The Kier molecular flexibility index (Phi) is 3.88. The number of halogens is 1. The summed E-state index contributed by atoms with van der Waals surface area (Å²) in [6, 6.07) is 10.2. The molecule has 4 bridgehead atoms. The van der Waals surface area contributed by atoms with Gasteiger partial charge in [0.25, 0.3) is 0 Å². The molecule has 4 saturated carbocycles. The molecular weight excluding hydrogens is 354 g/mol. The molecule has 0 aliphatic heterocycles. The zero-order valence-corrected chi connectivity index (χ0v) is 17.5. The molecule has 1 heterocycles. The summed E-state index contributed by atoms with van der Waals surface area (Å²) in [5.74, 6) is 2.84. The van der Waals surface area contributed by atoms with Crippen LogP contribution in [0.1, 0.15) is 63.7 Å². The van der Waals surface area contributed by atoms with Crippen LogP contribution in [0, 0.1) is 23.7 Å². The summed E-state index contributed by atoms with van der Waals surface area (Å²) >= 11 is 6.28. The van der Waals surface area contributed by atoms with Crippen LogP contribution in [0.3, 0.4) is 0 Å². The van der Waals surface area contributed by atoms with Crippen LogP contribution in [0.5, 0.6) is 0 Å². The largest absolute Gasteiger partial charge is 0.460 e. The van der Waals surface area contributed by atoms with Gasteiger partial charge >= 0.3 is 0 Å². The topological polar surface area (TPSA) is 25.2 Å². The molecule has 4 fully saturated rings. The van der Waals surface area contributed by atoms with Crippen LogP contribution in [0.15, 0.2) is 34.7 Å². The maximum Gasteiger partial charge on any atom is 0.134 e. The predicted octanol–water partition coefficient (Wildman–Crippen LogP) is 6.75. The van der Waals surface area contributed by atoms with Crippen molar-refractivity contribution in [2.45, 2.75) is 71.4 Å². The second kappa shape index (κ2) is 5.87. The molecule has 0 spiro atoms. The molecule has 3 heteroatoms. The number of benzene rings is 1. The van der Waals surface area contributed by atoms with E-state index >= 15 is 0 Å².